The summed E-state index contributed by atoms with van der Waals surface area (Å²) < 4.78 is 12.4. The summed E-state index contributed by atoms with van der Waals surface area (Å²) in [5.74, 6) is 0. The molecule has 1 saturated heterocycles. The van der Waals surface area contributed by atoms with E-state index < -0.39 is 53.4 Å². The van der Waals surface area contributed by atoms with Crippen molar-refractivity contribution in [3.05, 3.63) is 72.5 Å². The van der Waals surface area contributed by atoms with Crippen LogP contribution in [0.5, 0.6) is 0 Å². The van der Waals surface area contributed by atoms with Gasteiger partial charge in [-0.2, -0.15) is 0 Å². The van der Waals surface area contributed by atoms with Gasteiger partial charge in [0.2, 0.25) is 0 Å². The van der Waals surface area contributed by atoms with Gasteiger partial charge in [-0.1, -0.05) is 39.0 Å². The molecule has 0 aliphatic carbocycles. The highest BCUT2D eigenvalue weighted by atomic mass is 16.6. The number of aromatic nitrogens is 2. The number of aliphatic hydroxyl groups is 3. The molecule has 0 unspecified atom stereocenters. The predicted octanol–water partition coefficient (Wildman–Crippen LogP) is 1.52. The third kappa shape index (κ3) is 6.45. The minimum absolute atomic E-state index is 0.0205. The van der Waals surface area contributed by atoms with Crippen LogP contribution in [-0.2, 0) is 9.47 Å². The average molecular weight is 508 g/mol. The zero-order valence-electron chi connectivity index (χ0n) is 20.1. The maximum absolute atomic E-state index is 12.8. The lowest BCUT2D eigenvalue weighted by Crippen LogP contribution is -2.39. The molecule has 1 aromatic carbocycles. The normalized spacial score (nSPS) is 22.6. The first-order valence-corrected chi connectivity index (χ1v) is 12.1. The predicted molar refractivity (Wildman–Crippen MR) is 129 cm³/mol. The smallest absolute Gasteiger partial charge is 0.330 e. The molecular weight excluding hydrogens is 474 g/mol. The third-order valence-corrected chi connectivity index (χ3v) is 6.26. The summed E-state index contributed by atoms with van der Waals surface area (Å²) in [6.45, 7) is 1.86. The van der Waals surface area contributed by atoms with E-state index in [-0.39, 0.29) is 11.3 Å². The Kier molecular flexibility index (Phi) is 9.90. The van der Waals surface area contributed by atoms with Crippen molar-refractivity contribution in [2.75, 3.05) is 13.2 Å². The van der Waals surface area contributed by atoms with Crippen LogP contribution in [0.3, 0.4) is 0 Å². The number of aliphatic hydroxyl groups excluding tert-OH is 3. The second-order valence-electron chi connectivity index (χ2n) is 8.85. The van der Waals surface area contributed by atoms with Crippen LogP contribution in [0.15, 0.2) is 40.1 Å². The Balaban J connectivity index is 1.91. The van der Waals surface area contributed by atoms with Crippen molar-refractivity contribution in [1.82, 2.24) is 9.55 Å². The number of hydrogen-bond donors (Lipinski definition) is 4. The molecule has 1 aromatic heterocycles. The highest BCUT2D eigenvalue weighted by Gasteiger charge is 2.44. The first kappa shape index (κ1) is 27.7. The van der Waals surface area contributed by atoms with Crippen molar-refractivity contribution in [1.29, 1.82) is 0 Å². The number of non-ortho nitro benzene ring substituents is 1. The van der Waals surface area contributed by atoms with E-state index in [1.807, 2.05) is 0 Å². The largest absolute Gasteiger partial charge is 0.394 e. The van der Waals surface area contributed by atoms with E-state index in [1.54, 1.807) is 0 Å². The molecule has 3 rings (SSSR count). The molecule has 0 radical (unpaired) electrons. The number of ether oxygens (including phenoxy) is 2. The molecule has 5 atom stereocenters. The van der Waals surface area contributed by atoms with Crippen LogP contribution in [0.25, 0.3) is 0 Å². The number of unbranched alkanes of at least 4 members (excludes halogenated alkanes) is 5. The number of H-pyrrole nitrogens is 1. The summed E-state index contributed by atoms with van der Waals surface area (Å²) in [5, 5.41) is 40.9. The van der Waals surface area contributed by atoms with Crippen LogP contribution in [0.4, 0.5) is 5.69 Å². The molecule has 4 N–H and O–H groups in total. The molecule has 2 heterocycles. The van der Waals surface area contributed by atoms with E-state index >= 15 is 0 Å². The maximum Gasteiger partial charge on any atom is 0.330 e. The topological polar surface area (TPSA) is 177 Å². The van der Waals surface area contributed by atoms with Gasteiger partial charge in [0.05, 0.1) is 17.1 Å². The van der Waals surface area contributed by atoms with Crippen molar-refractivity contribution in [3.8, 4) is 0 Å². The molecule has 12 nitrogen and oxygen atoms in total. The van der Waals surface area contributed by atoms with E-state index in [2.05, 4.69) is 11.9 Å². The molecule has 1 aliphatic heterocycles. The Bertz CT molecular complexity index is 1120. The zero-order valence-corrected chi connectivity index (χ0v) is 20.1. The highest BCUT2D eigenvalue weighted by Crippen LogP contribution is 2.30. The SMILES string of the molecule is CCCCCCCCO[C@@H](c1ccc([N+](=O)[O-])cc1)c1cn([C@@H]2O[C@H](CO)[C@@H](O)[C@H]2O)c(=O)[nH]c1=O. The van der Waals surface area contributed by atoms with Crippen molar-refractivity contribution >= 4 is 5.69 Å². The fourth-order valence-corrected chi connectivity index (χ4v) is 4.21. The first-order chi connectivity index (χ1) is 17.3. The molecular formula is C24H33N3O9. The van der Waals surface area contributed by atoms with Gasteiger partial charge in [0, 0.05) is 24.9 Å². The van der Waals surface area contributed by atoms with Gasteiger partial charge in [0.25, 0.3) is 11.2 Å². The van der Waals surface area contributed by atoms with Gasteiger partial charge in [0.15, 0.2) is 6.23 Å². The fourth-order valence-electron chi connectivity index (χ4n) is 4.21. The van der Waals surface area contributed by atoms with E-state index in [0.717, 1.165) is 43.1 Å². The minimum atomic E-state index is -1.53. The van der Waals surface area contributed by atoms with Gasteiger partial charge in [-0.25, -0.2) is 4.79 Å². The maximum atomic E-state index is 12.8. The lowest BCUT2D eigenvalue weighted by atomic mass is 10.0. The van der Waals surface area contributed by atoms with Gasteiger partial charge >= 0.3 is 5.69 Å². The Morgan fingerprint density at radius 2 is 1.78 bits per heavy atom. The Morgan fingerprint density at radius 3 is 2.39 bits per heavy atom. The van der Waals surface area contributed by atoms with Gasteiger partial charge in [0.1, 0.15) is 24.4 Å². The van der Waals surface area contributed by atoms with Crippen LogP contribution in [0.2, 0.25) is 0 Å². The van der Waals surface area contributed by atoms with Crippen molar-refractivity contribution in [2.45, 2.75) is 76.1 Å². The number of rotatable bonds is 13. The van der Waals surface area contributed by atoms with E-state index in [0.29, 0.717) is 12.2 Å². The van der Waals surface area contributed by atoms with Crippen LogP contribution < -0.4 is 11.2 Å². The summed E-state index contributed by atoms with van der Waals surface area (Å²) in [7, 11) is 0. The summed E-state index contributed by atoms with van der Waals surface area (Å²) >= 11 is 0. The Hall–Kier alpha value is -2.90. The number of nitro groups is 1. The molecule has 0 bridgehead atoms. The van der Waals surface area contributed by atoms with E-state index in [9.17, 15) is 35.0 Å². The first-order valence-electron chi connectivity index (χ1n) is 12.1. The Morgan fingerprint density at radius 1 is 1.11 bits per heavy atom. The summed E-state index contributed by atoms with van der Waals surface area (Å²) in [5.41, 5.74) is -1.25. The standard InChI is InChI=1S/C24H33N3O9/c1-2-3-4-5-6-7-12-35-21(15-8-10-16(11-9-15)27(33)34)17-13-26(24(32)25-22(17)31)23-20(30)19(29)18(14-28)36-23/h8-11,13,18-21,23,28-30H,2-7,12,14H2,1H3,(H,25,31,32)/t18-,19-,20-,21+,23-/m1/s1. The second kappa shape index (κ2) is 12.9. The average Bonchev–Trinajstić information content (AvgIpc) is 3.15. The monoisotopic (exact) mass is 507 g/mol. The minimum Gasteiger partial charge on any atom is -0.394 e. The van der Waals surface area contributed by atoms with Crippen LogP contribution >= 0.6 is 0 Å². The molecule has 0 amide bonds. The van der Waals surface area contributed by atoms with Crippen molar-refractivity contribution < 1.29 is 29.7 Å². The number of aromatic amines is 1. The number of nitrogens with zero attached hydrogens (tertiary/aromatic N) is 2. The molecule has 0 spiro atoms. The fraction of sp³-hybridized carbons (Fsp3) is 0.583. The van der Waals surface area contributed by atoms with Crippen molar-refractivity contribution in [3.63, 3.8) is 0 Å². The highest BCUT2D eigenvalue weighted by molar-refractivity contribution is 5.36. The third-order valence-electron chi connectivity index (χ3n) is 6.26. The number of nitrogens with one attached hydrogen (secondary N) is 1. The molecule has 0 saturated carbocycles. The molecule has 2 aromatic rings. The molecule has 1 aliphatic rings. The lowest BCUT2D eigenvalue weighted by molar-refractivity contribution is -0.384. The number of hydrogen-bond acceptors (Lipinski definition) is 9. The van der Waals surface area contributed by atoms with Gasteiger partial charge < -0.3 is 24.8 Å². The van der Waals surface area contributed by atoms with Gasteiger partial charge in [-0.15, -0.1) is 0 Å². The molecule has 1 fully saturated rings. The van der Waals surface area contributed by atoms with Crippen LogP contribution in [0, 0.1) is 10.1 Å². The summed E-state index contributed by atoms with van der Waals surface area (Å²) in [6, 6.07) is 5.55. The van der Waals surface area contributed by atoms with Crippen LogP contribution in [0.1, 0.15) is 68.9 Å². The molecule has 12 heteroatoms. The van der Waals surface area contributed by atoms with E-state index in [4.69, 9.17) is 9.47 Å². The number of benzene rings is 1. The zero-order chi connectivity index (χ0) is 26.2. The Labute approximate surface area is 207 Å². The van der Waals surface area contributed by atoms with Gasteiger partial charge in [-0.3, -0.25) is 24.5 Å². The molecule has 36 heavy (non-hydrogen) atoms. The second-order valence-corrected chi connectivity index (χ2v) is 8.85. The molecule has 198 valence electrons. The summed E-state index contributed by atoms with van der Waals surface area (Å²) in [6.07, 6.45) is 0.939. The quantitative estimate of drug-likeness (QED) is 0.178. The van der Waals surface area contributed by atoms with Gasteiger partial charge in [-0.05, 0) is 24.1 Å². The van der Waals surface area contributed by atoms with E-state index in [1.165, 1.54) is 30.5 Å². The number of nitro benzene ring substituents is 1. The van der Waals surface area contributed by atoms with Crippen molar-refractivity contribution in [2.24, 2.45) is 0 Å². The van der Waals surface area contributed by atoms with Crippen LogP contribution in [-0.4, -0.2) is 61.3 Å². The summed E-state index contributed by atoms with van der Waals surface area (Å²) in [4.78, 5) is 38.1. The lowest BCUT2D eigenvalue weighted by Gasteiger charge is -2.22.